The van der Waals surface area contributed by atoms with Crippen LogP contribution < -0.4 is 0 Å². The van der Waals surface area contributed by atoms with E-state index in [2.05, 4.69) is 9.72 Å². The number of ether oxygens (including phenoxy) is 1. The van der Waals surface area contributed by atoms with Gasteiger partial charge in [0, 0.05) is 23.6 Å². The molecule has 2 atom stereocenters. The van der Waals surface area contributed by atoms with Gasteiger partial charge in [0.2, 0.25) is 5.76 Å². The number of rotatable bonds is 3. The SMILES string of the molecule is O=C(O)c1ccccn1.O=C1O[C@H]([C@@H](O)CO)C(O)=C1O.[Cr]. The summed E-state index contributed by atoms with van der Waals surface area (Å²) in [5.74, 6) is -3.77. The predicted molar refractivity (Wildman–Crippen MR) is 66.5 cm³/mol. The van der Waals surface area contributed by atoms with E-state index in [9.17, 15) is 9.59 Å². The number of hydrogen-bond acceptors (Lipinski definition) is 8. The van der Waals surface area contributed by atoms with E-state index in [4.69, 9.17) is 25.5 Å². The third-order valence-corrected chi connectivity index (χ3v) is 2.36. The summed E-state index contributed by atoms with van der Waals surface area (Å²) in [6.07, 6.45) is -1.33. The van der Waals surface area contributed by atoms with Crippen molar-refractivity contribution >= 4 is 11.9 Å². The number of carboxylic acid groups (broad SMARTS) is 1. The number of pyridine rings is 1. The second kappa shape index (κ2) is 9.01. The fourth-order valence-corrected chi connectivity index (χ4v) is 1.31. The molecule has 1 aromatic heterocycles. The van der Waals surface area contributed by atoms with E-state index in [1.807, 2.05) is 0 Å². The Bertz CT molecular complexity index is 547. The molecule has 1 aliphatic rings. The average Bonchev–Trinajstić information content (AvgIpc) is 2.75. The van der Waals surface area contributed by atoms with Gasteiger partial charge in [-0.1, -0.05) is 6.07 Å². The van der Waals surface area contributed by atoms with Crippen LogP contribution >= 0.6 is 0 Å². The standard InChI is InChI=1S/C6H5NO2.C6H8O6.Cr/c8-6(9)5-3-1-2-4-7-5;7-1-2(8)5-3(9)4(10)6(11)12-5;/h1-4H,(H,8,9);2,5,7-10H,1H2;/t;2-,5+;/m.0./s1. The van der Waals surface area contributed by atoms with Crippen molar-refractivity contribution in [1.29, 1.82) is 0 Å². The Labute approximate surface area is 135 Å². The molecule has 1 aromatic rings. The topological polar surface area (TPSA) is 157 Å². The van der Waals surface area contributed by atoms with Crippen LogP contribution in [0.2, 0.25) is 0 Å². The molecule has 22 heavy (non-hydrogen) atoms. The second-order valence-corrected chi connectivity index (χ2v) is 3.83. The van der Waals surface area contributed by atoms with Crippen LogP contribution in [0.4, 0.5) is 0 Å². The van der Waals surface area contributed by atoms with E-state index >= 15 is 0 Å². The number of carbonyl (C=O) groups is 2. The van der Waals surface area contributed by atoms with Crippen molar-refractivity contribution in [2.24, 2.45) is 0 Å². The largest absolute Gasteiger partial charge is 0.505 e. The molecule has 0 bridgehead atoms. The van der Waals surface area contributed by atoms with Crippen molar-refractivity contribution in [3.8, 4) is 0 Å². The van der Waals surface area contributed by atoms with Crippen molar-refractivity contribution in [2.45, 2.75) is 12.2 Å². The van der Waals surface area contributed by atoms with Gasteiger partial charge in [0.15, 0.2) is 11.9 Å². The molecule has 0 radical (unpaired) electrons. The maximum Gasteiger partial charge on any atom is 0.377 e. The number of hydrogen-bond donors (Lipinski definition) is 5. The van der Waals surface area contributed by atoms with Crippen LogP contribution in [0.15, 0.2) is 35.9 Å². The van der Waals surface area contributed by atoms with E-state index in [0.717, 1.165) is 0 Å². The Morgan fingerprint density at radius 2 is 2.00 bits per heavy atom. The quantitative estimate of drug-likeness (QED) is 0.447. The minimum absolute atomic E-state index is 0. The Balaban J connectivity index is 0.000000397. The summed E-state index contributed by atoms with van der Waals surface area (Å²) in [6, 6.07) is 4.76. The van der Waals surface area contributed by atoms with Gasteiger partial charge < -0.3 is 30.3 Å². The molecule has 120 valence electrons. The molecule has 0 aliphatic carbocycles. The summed E-state index contributed by atoms with van der Waals surface area (Å²) in [4.78, 5) is 24.2. The first-order chi connectivity index (χ1) is 9.88. The van der Waals surface area contributed by atoms with Gasteiger partial charge in [0.05, 0.1) is 6.61 Å². The number of nitrogens with zero attached hydrogens (tertiary/aromatic N) is 1. The Morgan fingerprint density at radius 1 is 1.36 bits per heavy atom. The summed E-state index contributed by atoms with van der Waals surface area (Å²) in [6.45, 7) is -0.671. The van der Waals surface area contributed by atoms with E-state index in [1.165, 1.54) is 12.3 Å². The second-order valence-electron chi connectivity index (χ2n) is 3.83. The summed E-state index contributed by atoms with van der Waals surface area (Å²) < 4.78 is 4.32. The van der Waals surface area contributed by atoms with Crippen LogP contribution in [-0.2, 0) is 26.9 Å². The van der Waals surface area contributed by atoms with Gasteiger partial charge in [0.25, 0.3) is 0 Å². The van der Waals surface area contributed by atoms with Crippen LogP contribution in [0.25, 0.3) is 0 Å². The molecule has 0 saturated carbocycles. The summed E-state index contributed by atoms with van der Waals surface area (Å²) >= 11 is 0. The number of aromatic nitrogens is 1. The summed E-state index contributed by atoms with van der Waals surface area (Å²) in [7, 11) is 0. The first-order valence-electron chi connectivity index (χ1n) is 5.64. The Morgan fingerprint density at radius 3 is 2.32 bits per heavy atom. The fraction of sp³-hybridized carbons (Fsp3) is 0.250. The van der Waals surface area contributed by atoms with E-state index in [-0.39, 0.29) is 23.1 Å². The number of carbonyl (C=O) groups excluding carboxylic acids is 1. The van der Waals surface area contributed by atoms with Crippen LogP contribution in [0.3, 0.4) is 0 Å². The first kappa shape index (κ1) is 19.9. The zero-order valence-corrected chi connectivity index (χ0v) is 12.3. The van der Waals surface area contributed by atoms with E-state index in [1.54, 1.807) is 12.1 Å². The molecule has 5 N–H and O–H groups in total. The molecule has 9 nitrogen and oxygen atoms in total. The summed E-state index contributed by atoms with van der Waals surface area (Å²) in [5, 5.41) is 43.4. The molecule has 1 aliphatic heterocycles. The van der Waals surface area contributed by atoms with Crippen molar-refractivity contribution in [2.75, 3.05) is 6.61 Å². The van der Waals surface area contributed by atoms with E-state index in [0.29, 0.717) is 0 Å². The molecule has 0 spiro atoms. The molecule has 2 heterocycles. The third-order valence-electron chi connectivity index (χ3n) is 2.36. The number of aliphatic hydroxyl groups is 4. The van der Waals surface area contributed by atoms with Gasteiger partial charge in [-0.15, -0.1) is 0 Å². The first-order valence-corrected chi connectivity index (χ1v) is 5.64. The zero-order chi connectivity index (χ0) is 16.0. The minimum atomic E-state index is -1.42. The number of cyclic esters (lactones) is 1. The van der Waals surface area contributed by atoms with Gasteiger partial charge in [0.1, 0.15) is 11.8 Å². The minimum Gasteiger partial charge on any atom is -0.505 e. The van der Waals surface area contributed by atoms with Crippen molar-refractivity contribution in [3.63, 3.8) is 0 Å². The molecule has 0 amide bonds. The molecule has 10 heteroatoms. The Kier molecular flexibility index (Phi) is 8.15. The van der Waals surface area contributed by atoms with E-state index < -0.39 is 42.3 Å². The molecule has 0 fully saturated rings. The smallest absolute Gasteiger partial charge is 0.377 e. The monoisotopic (exact) mass is 351 g/mol. The summed E-state index contributed by atoms with van der Waals surface area (Å²) in [5.41, 5.74) is 0.0810. The molecular formula is C12H13CrNO8. The number of esters is 1. The van der Waals surface area contributed by atoms with Gasteiger partial charge in [-0.25, -0.2) is 14.6 Å². The van der Waals surface area contributed by atoms with Crippen LogP contribution in [0.1, 0.15) is 10.5 Å². The maximum absolute atomic E-state index is 10.5. The molecule has 0 unspecified atom stereocenters. The number of aliphatic hydroxyl groups excluding tert-OH is 4. The van der Waals surface area contributed by atoms with Gasteiger partial charge in [-0.05, 0) is 12.1 Å². The van der Waals surface area contributed by atoms with Gasteiger partial charge in [-0.3, -0.25) is 0 Å². The maximum atomic E-state index is 10.5. The Hall–Kier alpha value is -2.12. The fourth-order valence-electron chi connectivity index (χ4n) is 1.31. The van der Waals surface area contributed by atoms with Crippen molar-refractivity contribution in [1.82, 2.24) is 4.98 Å². The van der Waals surface area contributed by atoms with Crippen molar-refractivity contribution < 1.29 is 57.2 Å². The molecule has 0 aromatic carbocycles. The average molecular weight is 351 g/mol. The zero-order valence-electron chi connectivity index (χ0n) is 11.0. The molecule has 2 rings (SSSR count). The van der Waals surface area contributed by atoms with Crippen LogP contribution in [0.5, 0.6) is 0 Å². The molecule has 0 saturated heterocycles. The van der Waals surface area contributed by atoms with Crippen LogP contribution in [-0.4, -0.2) is 61.3 Å². The number of aromatic carboxylic acids is 1. The predicted octanol–water partition coefficient (Wildman–Crippen LogP) is -0.630. The number of carboxylic acids is 1. The van der Waals surface area contributed by atoms with Crippen LogP contribution in [0, 0.1) is 0 Å². The van der Waals surface area contributed by atoms with Gasteiger partial charge in [-0.2, -0.15) is 0 Å². The molecular weight excluding hydrogens is 338 g/mol. The third kappa shape index (κ3) is 5.01. The van der Waals surface area contributed by atoms with Gasteiger partial charge >= 0.3 is 11.9 Å². The normalized spacial score (nSPS) is 17.7. The van der Waals surface area contributed by atoms with Crippen molar-refractivity contribution in [3.05, 3.63) is 41.6 Å².